The molecule has 1 aromatic carbocycles. The second-order valence-corrected chi connectivity index (χ2v) is 5.81. The standard InChI is InChI=1S/C14H14IN3O2/c15-11-4-1-3-10(7-11)14(20)17-9-13(19)18-6-2-5-12(18)8-16/h1,3-4,7,12H,2,5-6,9H2,(H,17,20)/t12-/m0/s1. The Balaban J connectivity index is 1.90. The van der Waals surface area contributed by atoms with Crippen LogP contribution in [0.15, 0.2) is 24.3 Å². The quantitative estimate of drug-likeness (QED) is 0.805. The highest BCUT2D eigenvalue weighted by Crippen LogP contribution is 2.16. The maximum absolute atomic E-state index is 12.0. The second kappa shape index (κ2) is 6.70. The number of nitrogens with one attached hydrogen (secondary N) is 1. The van der Waals surface area contributed by atoms with Gasteiger partial charge >= 0.3 is 0 Å². The lowest BCUT2D eigenvalue weighted by Crippen LogP contribution is -2.42. The van der Waals surface area contributed by atoms with Crippen LogP contribution < -0.4 is 5.32 Å². The van der Waals surface area contributed by atoms with E-state index in [1.807, 2.05) is 6.07 Å². The Bertz CT molecular complexity index is 568. The summed E-state index contributed by atoms with van der Waals surface area (Å²) in [4.78, 5) is 25.4. The van der Waals surface area contributed by atoms with Gasteiger partial charge in [-0.3, -0.25) is 9.59 Å². The molecule has 0 aliphatic carbocycles. The van der Waals surface area contributed by atoms with Crippen LogP contribution in [0.5, 0.6) is 0 Å². The van der Waals surface area contributed by atoms with Crippen molar-refractivity contribution in [3.05, 3.63) is 33.4 Å². The number of amides is 2. The monoisotopic (exact) mass is 383 g/mol. The normalized spacial score (nSPS) is 17.6. The third-order valence-corrected chi connectivity index (χ3v) is 3.88. The topological polar surface area (TPSA) is 73.2 Å². The van der Waals surface area contributed by atoms with E-state index >= 15 is 0 Å². The van der Waals surface area contributed by atoms with E-state index in [1.165, 1.54) is 4.90 Å². The van der Waals surface area contributed by atoms with Gasteiger partial charge in [0, 0.05) is 15.7 Å². The van der Waals surface area contributed by atoms with Gasteiger partial charge in [-0.15, -0.1) is 0 Å². The predicted molar refractivity (Wildman–Crippen MR) is 81.8 cm³/mol. The van der Waals surface area contributed by atoms with Crippen LogP contribution in [0.1, 0.15) is 23.2 Å². The summed E-state index contributed by atoms with van der Waals surface area (Å²) in [6, 6.07) is 8.92. The SMILES string of the molecule is N#C[C@@H]1CCCN1C(=O)CNC(=O)c1cccc(I)c1. The lowest BCUT2D eigenvalue weighted by atomic mass is 10.2. The van der Waals surface area contributed by atoms with Crippen molar-refractivity contribution in [2.45, 2.75) is 18.9 Å². The fourth-order valence-corrected chi connectivity index (χ4v) is 2.73. The summed E-state index contributed by atoms with van der Waals surface area (Å²) < 4.78 is 0.964. The molecular weight excluding hydrogens is 369 g/mol. The summed E-state index contributed by atoms with van der Waals surface area (Å²) in [5.74, 6) is -0.474. The average Bonchev–Trinajstić information content (AvgIpc) is 2.92. The number of rotatable bonds is 3. The summed E-state index contributed by atoms with van der Waals surface area (Å²) in [5.41, 5.74) is 0.531. The molecule has 0 spiro atoms. The van der Waals surface area contributed by atoms with Crippen molar-refractivity contribution in [3.8, 4) is 6.07 Å². The number of carbonyl (C=O) groups excluding carboxylic acids is 2. The molecule has 0 radical (unpaired) electrons. The predicted octanol–water partition coefficient (Wildman–Crippen LogP) is 1.54. The van der Waals surface area contributed by atoms with E-state index in [4.69, 9.17) is 5.26 Å². The Hall–Kier alpha value is -1.62. The number of likely N-dealkylation sites (tertiary alicyclic amines) is 1. The van der Waals surface area contributed by atoms with Gasteiger partial charge in [0.1, 0.15) is 6.04 Å². The minimum Gasteiger partial charge on any atom is -0.343 e. The highest BCUT2D eigenvalue weighted by molar-refractivity contribution is 14.1. The molecule has 1 heterocycles. The lowest BCUT2D eigenvalue weighted by molar-refractivity contribution is -0.130. The molecule has 1 aromatic rings. The molecule has 1 atom stereocenters. The fraction of sp³-hybridized carbons (Fsp3) is 0.357. The van der Waals surface area contributed by atoms with Crippen molar-refractivity contribution in [3.63, 3.8) is 0 Å². The molecule has 1 aliphatic heterocycles. The van der Waals surface area contributed by atoms with Crippen LogP contribution in [0.25, 0.3) is 0 Å². The average molecular weight is 383 g/mol. The highest BCUT2D eigenvalue weighted by atomic mass is 127. The molecule has 20 heavy (non-hydrogen) atoms. The van der Waals surface area contributed by atoms with E-state index in [0.29, 0.717) is 18.5 Å². The van der Waals surface area contributed by atoms with Gasteiger partial charge in [0.05, 0.1) is 12.6 Å². The minimum atomic E-state index is -0.350. The molecule has 104 valence electrons. The van der Waals surface area contributed by atoms with Gasteiger partial charge in [0.15, 0.2) is 0 Å². The van der Waals surface area contributed by atoms with Crippen molar-refractivity contribution < 1.29 is 9.59 Å². The molecule has 6 heteroatoms. The number of carbonyl (C=O) groups is 2. The van der Waals surface area contributed by atoms with E-state index in [0.717, 1.165) is 9.99 Å². The van der Waals surface area contributed by atoms with Crippen LogP contribution in [0.4, 0.5) is 0 Å². The molecule has 0 saturated carbocycles. The molecule has 2 amide bonds. The van der Waals surface area contributed by atoms with Gasteiger partial charge in [-0.25, -0.2) is 0 Å². The fourth-order valence-electron chi connectivity index (χ4n) is 2.19. The summed E-state index contributed by atoms with van der Waals surface area (Å²) in [7, 11) is 0. The first-order chi connectivity index (χ1) is 9.61. The zero-order valence-corrected chi connectivity index (χ0v) is 13.0. The van der Waals surface area contributed by atoms with E-state index in [-0.39, 0.29) is 24.4 Å². The first kappa shape index (κ1) is 14.8. The Labute approximate surface area is 131 Å². The number of nitriles is 1. The molecule has 2 rings (SSSR count). The van der Waals surface area contributed by atoms with E-state index < -0.39 is 0 Å². The Morgan fingerprint density at radius 2 is 2.30 bits per heavy atom. The largest absolute Gasteiger partial charge is 0.343 e. The molecule has 0 aromatic heterocycles. The van der Waals surface area contributed by atoms with Crippen molar-refractivity contribution in [1.82, 2.24) is 10.2 Å². The lowest BCUT2D eigenvalue weighted by Gasteiger charge is -2.19. The number of nitrogens with zero attached hydrogens (tertiary/aromatic N) is 2. The third-order valence-electron chi connectivity index (χ3n) is 3.21. The molecule has 0 unspecified atom stereocenters. The first-order valence-electron chi connectivity index (χ1n) is 6.34. The van der Waals surface area contributed by atoms with Crippen molar-refractivity contribution >= 4 is 34.4 Å². The number of hydrogen-bond acceptors (Lipinski definition) is 3. The zero-order valence-electron chi connectivity index (χ0n) is 10.8. The Morgan fingerprint density at radius 3 is 3.00 bits per heavy atom. The van der Waals surface area contributed by atoms with Crippen molar-refractivity contribution in [2.75, 3.05) is 13.1 Å². The summed E-state index contributed by atoms with van der Waals surface area (Å²) >= 11 is 2.13. The van der Waals surface area contributed by atoms with Gasteiger partial charge in [0.25, 0.3) is 5.91 Å². The third kappa shape index (κ3) is 3.48. The molecule has 1 fully saturated rings. The molecule has 0 bridgehead atoms. The maximum atomic E-state index is 12.0. The smallest absolute Gasteiger partial charge is 0.251 e. The number of halogens is 1. The zero-order chi connectivity index (χ0) is 14.5. The summed E-state index contributed by atoms with van der Waals surface area (Å²) in [5, 5.41) is 11.5. The highest BCUT2D eigenvalue weighted by Gasteiger charge is 2.28. The van der Waals surface area contributed by atoms with E-state index in [1.54, 1.807) is 18.2 Å². The van der Waals surface area contributed by atoms with E-state index in [9.17, 15) is 9.59 Å². The van der Waals surface area contributed by atoms with E-state index in [2.05, 4.69) is 34.0 Å². The molecule has 1 saturated heterocycles. The Morgan fingerprint density at radius 1 is 1.50 bits per heavy atom. The minimum absolute atomic E-state index is 0.0670. The van der Waals surface area contributed by atoms with Crippen molar-refractivity contribution in [2.24, 2.45) is 0 Å². The maximum Gasteiger partial charge on any atom is 0.251 e. The van der Waals surface area contributed by atoms with Crippen LogP contribution in [0, 0.1) is 14.9 Å². The first-order valence-corrected chi connectivity index (χ1v) is 7.42. The molecule has 1 N–H and O–H groups in total. The van der Waals surface area contributed by atoms with Crippen molar-refractivity contribution in [1.29, 1.82) is 5.26 Å². The van der Waals surface area contributed by atoms with Crippen LogP contribution in [-0.4, -0.2) is 35.8 Å². The van der Waals surface area contributed by atoms with Gasteiger partial charge in [-0.1, -0.05) is 6.07 Å². The number of benzene rings is 1. The number of hydrogen-bond donors (Lipinski definition) is 1. The van der Waals surface area contributed by atoms with Gasteiger partial charge < -0.3 is 10.2 Å². The molecule has 1 aliphatic rings. The molecular formula is C14H14IN3O2. The summed E-state index contributed by atoms with van der Waals surface area (Å²) in [6.07, 6.45) is 1.56. The van der Waals surface area contributed by atoms with Gasteiger partial charge in [0.2, 0.25) is 5.91 Å². The second-order valence-electron chi connectivity index (χ2n) is 4.57. The van der Waals surface area contributed by atoms with Crippen LogP contribution in [0.2, 0.25) is 0 Å². The molecule has 5 nitrogen and oxygen atoms in total. The summed E-state index contributed by atoms with van der Waals surface area (Å²) in [6.45, 7) is 0.526. The Kier molecular flexibility index (Phi) is 4.95. The van der Waals surface area contributed by atoms with Crippen LogP contribution in [-0.2, 0) is 4.79 Å². The van der Waals surface area contributed by atoms with Crippen LogP contribution in [0.3, 0.4) is 0 Å². The van der Waals surface area contributed by atoms with Gasteiger partial charge in [-0.05, 0) is 53.6 Å². The van der Waals surface area contributed by atoms with Gasteiger partial charge in [-0.2, -0.15) is 5.26 Å². The van der Waals surface area contributed by atoms with Crippen LogP contribution >= 0.6 is 22.6 Å².